The van der Waals surface area contributed by atoms with Crippen LogP contribution in [0.25, 0.3) is 0 Å². The normalized spacial score (nSPS) is 12.2. The molecule has 0 saturated carbocycles. The lowest BCUT2D eigenvalue weighted by atomic mass is 9.99. The first-order valence-electron chi connectivity index (χ1n) is 13.5. The number of phenols is 1. The van der Waals surface area contributed by atoms with Crippen LogP contribution < -0.4 is 25.8 Å². The molecule has 0 bridgehead atoms. The first-order chi connectivity index (χ1) is 20.8. The van der Waals surface area contributed by atoms with Crippen LogP contribution in [-0.4, -0.2) is 30.3 Å². The van der Waals surface area contributed by atoms with Crippen molar-refractivity contribution in [3.63, 3.8) is 0 Å². The van der Waals surface area contributed by atoms with Gasteiger partial charge in [-0.2, -0.15) is 0 Å². The molecule has 0 aromatic heterocycles. The fourth-order valence-corrected chi connectivity index (χ4v) is 4.48. The predicted octanol–water partition coefficient (Wildman–Crippen LogP) is 7.46. The van der Waals surface area contributed by atoms with Gasteiger partial charge in [0.05, 0.1) is 18.5 Å². The van der Waals surface area contributed by atoms with Crippen molar-refractivity contribution in [2.45, 2.75) is 25.0 Å². The van der Waals surface area contributed by atoms with Crippen molar-refractivity contribution in [3.8, 4) is 17.2 Å². The van der Waals surface area contributed by atoms with Gasteiger partial charge in [-0.05, 0) is 79.6 Å². The second-order valence-corrected chi connectivity index (χ2v) is 10.3. The number of phenolic OH excluding ortho intramolecular Hbond substituents is 1. The average molecular weight is 647 g/mol. The van der Waals surface area contributed by atoms with E-state index in [1.165, 1.54) is 19.3 Å². The van der Waals surface area contributed by atoms with E-state index in [4.69, 9.17) is 19.9 Å². The van der Waals surface area contributed by atoms with Crippen molar-refractivity contribution in [3.05, 3.63) is 119 Å². The molecule has 0 aliphatic rings. The zero-order valence-electron chi connectivity index (χ0n) is 23.4. The Morgan fingerprint density at radius 2 is 1.67 bits per heavy atom. The van der Waals surface area contributed by atoms with Crippen LogP contribution in [0.15, 0.2) is 114 Å². The van der Waals surface area contributed by atoms with Crippen LogP contribution in [0.1, 0.15) is 24.5 Å². The van der Waals surface area contributed by atoms with Crippen molar-refractivity contribution in [1.82, 2.24) is 0 Å². The number of nitrogen functional groups attached to an aromatic ring is 1. The summed E-state index contributed by atoms with van der Waals surface area (Å²) in [6.45, 7) is 0. The number of ether oxygens (including phenoxy) is 3. The molecule has 9 nitrogen and oxygen atoms in total. The highest BCUT2D eigenvalue weighted by atomic mass is 79.9. The molecule has 0 radical (unpaired) electrons. The molecular formula is C33H32BrN3O6. The topological polar surface area (TPSA) is 132 Å². The molecule has 0 aliphatic heterocycles. The quantitative estimate of drug-likeness (QED) is 0.0928. The van der Waals surface area contributed by atoms with E-state index in [-0.39, 0.29) is 17.4 Å². The zero-order valence-corrected chi connectivity index (χ0v) is 25.0. The first kappa shape index (κ1) is 31.0. The summed E-state index contributed by atoms with van der Waals surface area (Å²) in [5.41, 5.74) is 7.93. The van der Waals surface area contributed by atoms with Crippen LogP contribution in [0.4, 0.5) is 21.9 Å². The molecule has 0 unspecified atom stereocenters. The molecule has 2 atom stereocenters. The summed E-state index contributed by atoms with van der Waals surface area (Å²) in [4.78, 5) is 25.6. The van der Waals surface area contributed by atoms with Crippen molar-refractivity contribution >= 4 is 45.0 Å². The number of para-hydroxylation sites is 3. The van der Waals surface area contributed by atoms with Crippen molar-refractivity contribution < 1.29 is 28.9 Å². The Balaban J connectivity index is 1.56. The molecule has 10 heteroatoms. The van der Waals surface area contributed by atoms with Gasteiger partial charge in [-0.15, -0.1) is 0 Å². The summed E-state index contributed by atoms with van der Waals surface area (Å²) in [6, 6.07) is 27.9. The third kappa shape index (κ3) is 9.27. The van der Waals surface area contributed by atoms with Crippen LogP contribution in [-0.2, 0) is 9.53 Å². The number of carbonyl (C=O) groups excluding carboxylic acids is 2. The van der Waals surface area contributed by atoms with Gasteiger partial charge in [-0.25, -0.2) is 4.79 Å². The molecule has 0 aliphatic carbocycles. The average Bonchev–Trinajstić information content (AvgIpc) is 3.00. The SMILES string of the molecule is COc1ccc([C@H](OC(=O)Nc2ccc(Br)cc2)[C@H](CC/C=C/C(=O)Nc2ccccc2N)Oc2ccccc2)cc1O. The van der Waals surface area contributed by atoms with Crippen LogP contribution >= 0.6 is 15.9 Å². The summed E-state index contributed by atoms with van der Waals surface area (Å²) in [5.74, 6) is 0.390. The van der Waals surface area contributed by atoms with Crippen LogP contribution in [0.3, 0.4) is 0 Å². The van der Waals surface area contributed by atoms with Gasteiger partial charge in [0.2, 0.25) is 5.91 Å². The minimum atomic E-state index is -0.946. The summed E-state index contributed by atoms with van der Waals surface area (Å²) < 4.78 is 18.3. The third-order valence-electron chi connectivity index (χ3n) is 6.33. The number of aromatic hydroxyl groups is 1. The van der Waals surface area contributed by atoms with E-state index in [2.05, 4.69) is 26.6 Å². The maximum Gasteiger partial charge on any atom is 0.412 e. The number of nitrogens with one attached hydrogen (secondary N) is 2. The maximum absolute atomic E-state index is 13.1. The fourth-order valence-electron chi connectivity index (χ4n) is 4.22. The monoisotopic (exact) mass is 645 g/mol. The van der Waals surface area contributed by atoms with Gasteiger partial charge < -0.3 is 30.4 Å². The first-order valence-corrected chi connectivity index (χ1v) is 14.3. The number of benzene rings is 4. The van der Waals surface area contributed by atoms with Crippen molar-refractivity contribution in [1.29, 1.82) is 0 Å². The lowest BCUT2D eigenvalue weighted by molar-refractivity contribution is -0.111. The number of methoxy groups -OCH3 is 1. The fraction of sp³-hybridized carbons (Fsp3) is 0.152. The summed E-state index contributed by atoms with van der Waals surface area (Å²) in [7, 11) is 1.45. The van der Waals surface area contributed by atoms with Crippen LogP contribution in [0, 0.1) is 0 Å². The number of hydrogen-bond acceptors (Lipinski definition) is 7. The molecule has 43 heavy (non-hydrogen) atoms. The van der Waals surface area contributed by atoms with E-state index in [1.807, 2.05) is 18.2 Å². The van der Waals surface area contributed by atoms with E-state index >= 15 is 0 Å². The van der Waals surface area contributed by atoms with Gasteiger partial charge in [-0.1, -0.05) is 58.4 Å². The number of halogens is 1. The van der Waals surface area contributed by atoms with E-state index in [0.717, 1.165) is 4.47 Å². The van der Waals surface area contributed by atoms with Gasteiger partial charge in [0.1, 0.15) is 11.9 Å². The third-order valence-corrected chi connectivity index (χ3v) is 6.86. The lowest BCUT2D eigenvalue weighted by Crippen LogP contribution is -2.31. The molecule has 2 amide bonds. The summed E-state index contributed by atoms with van der Waals surface area (Å²) >= 11 is 3.38. The van der Waals surface area contributed by atoms with Gasteiger partial charge in [0.15, 0.2) is 17.6 Å². The Morgan fingerprint density at radius 3 is 2.37 bits per heavy atom. The van der Waals surface area contributed by atoms with Gasteiger partial charge in [0.25, 0.3) is 0 Å². The van der Waals surface area contributed by atoms with Crippen LogP contribution in [0.5, 0.6) is 17.2 Å². The molecule has 0 heterocycles. The largest absolute Gasteiger partial charge is 0.504 e. The molecule has 222 valence electrons. The highest BCUT2D eigenvalue weighted by molar-refractivity contribution is 9.10. The number of nitrogens with two attached hydrogens (primary N) is 1. The number of rotatable bonds is 12. The second-order valence-electron chi connectivity index (χ2n) is 9.41. The number of anilines is 3. The van der Waals surface area contributed by atoms with E-state index in [0.29, 0.717) is 41.2 Å². The summed E-state index contributed by atoms with van der Waals surface area (Å²) in [6.07, 6.45) is 1.53. The second kappa shape index (κ2) is 15.3. The predicted molar refractivity (Wildman–Crippen MR) is 170 cm³/mol. The Labute approximate surface area is 258 Å². The van der Waals surface area contributed by atoms with E-state index < -0.39 is 18.3 Å². The molecule has 4 aromatic rings. The van der Waals surface area contributed by atoms with Gasteiger partial charge in [0, 0.05) is 15.7 Å². The number of carbonyl (C=O) groups is 2. The van der Waals surface area contributed by atoms with Crippen molar-refractivity contribution in [2.75, 3.05) is 23.5 Å². The number of allylic oxidation sites excluding steroid dienone is 1. The molecule has 4 aromatic carbocycles. The van der Waals surface area contributed by atoms with Gasteiger partial charge >= 0.3 is 6.09 Å². The highest BCUT2D eigenvalue weighted by Gasteiger charge is 2.30. The number of hydrogen-bond donors (Lipinski definition) is 4. The molecular weight excluding hydrogens is 614 g/mol. The van der Waals surface area contributed by atoms with Gasteiger partial charge in [-0.3, -0.25) is 10.1 Å². The Kier molecular flexibility index (Phi) is 11.0. The Hall–Kier alpha value is -4.96. The highest BCUT2D eigenvalue weighted by Crippen LogP contribution is 2.34. The lowest BCUT2D eigenvalue weighted by Gasteiger charge is -2.28. The zero-order chi connectivity index (χ0) is 30.6. The Bertz CT molecular complexity index is 1550. The molecule has 0 saturated heterocycles. The maximum atomic E-state index is 13.1. The minimum absolute atomic E-state index is 0.114. The smallest absolute Gasteiger partial charge is 0.412 e. The Morgan fingerprint density at radius 1 is 0.953 bits per heavy atom. The summed E-state index contributed by atoms with van der Waals surface area (Å²) in [5, 5.41) is 16.0. The minimum Gasteiger partial charge on any atom is -0.504 e. The van der Waals surface area contributed by atoms with E-state index in [9.17, 15) is 14.7 Å². The molecule has 5 N–H and O–H groups in total. The molecule has 0 fully saturated rings. The number of amides is 2. The molecule has 0 spiro atoms. The van der Waals surface area contributed by atoms with Crippen LogP contribution in [0.2, 0.25) is 0 Å². The standard InChI is InChI=1S/C33H32BrN3O6/c1-41-29-20-15-22(21-28(29)38)32(43-33(40)36-24-18-16-23(34)17-19-24)30(42-25-9-3-2-4-10-25)13-7-8-14-31(39)37-27-12-6-5-11-26(27)35/h2-6,8-12,14-21,30,32,38H,7,13,35H2,1H3,(H,36,40)(H,37,39)/b14-8+/t30-,32-/m0/s1. The van der Waals surface area contributed by atoms with Crippen molar-refractivity contribution in [2.24, 2.45) is 0 Å². The molecule has 4 rings (SSSR count). The van der Waals surface area contributed by atoms with E-state index in [1.54, 1.807) is 78.9 Å².